The first-order valence-electron chi connectivity index (χ1n) is 5.62. The highest BCUT2D eigenvalue weighted by Crippen LogP contribution is 2.27. The molecule has 0 aliphatic heterocycles. The number of nitro groups is 1. The highest BCUT2D eigenvalue weighted by atomic mass is 32.2. The Labute approximate surface area is 114 Å². The fraction of sp³-hybridized carbons (Fsp3) is 0.500. The van der Waals surface area contributed by atoms with Crippen molar-refractivity contribution in [2.24, 2.45) is 0 Å². The van der Waals surface area contributed by atoms with E-state index in [-0.39, 0.29) is 23.1 Å². The zero-order valence-corrected chi connectivity index (χ0v) is 11.4. The lowest BCUT2D eigenvalue weighted by atomic mass is 10.5. The van der Waals surface area contributed by atoms with Crippen LogP contribution in [-0.2, 0) is 9.53 Å². The maximum Gasteiger partial charge on any atom is 0.319 e. The van der Waals surface area contributed by atoms with Gasteiger partial charge in [-0.25, -0.2) is 4.98 Å². The molecule has 19 heavy (non-hydrogen) atoms. The van der Waals surface area contributed by atoms with Crippen molar-refractivity contribution < 1.29 is 14.5 Å². The molecule has 0 unspecified atom stereocenters. The molecule has 1 aromatic heterocycles. The summed E-state index contributed by atoms with van der Waals surface area (Å²) in [6, 6.07) is 0. The van der Waals surface area contributed by atoms with Crippen LogP contribution < -0.4 is 5.32 Å². The minimum Gasteiger partial charge on any atom is -0.465 e. The van der Waals surface area contributed by atoms with Gasteiger partial charge in [-0.05, 0) is 13.8 Å². The molecular weight excluding hydrogens is 272 g/mol. The Bertz CT molecular complexity index is 469. The monoisotopic (exact) mass is 286 g/mol. The number of esters is 1. The molecule has 104 valence electrons. The van der Waals surface area contributed by atoms with Crippen LogP contribution in [0.25, 0.3) is 0 Å². The number of anilines is 1. The molecule has 0 aliphatic rings. The quantitative estimate of drug-likeness (QED) is 0.264. The second-order valence-electron chi connectivity index (χ2n) is 3.27. The van der Waals surface area contributed by atoms with Gasteiger partial charge in [-0.3, -0.25) is 14.9 Å². The Morgan fingerprint density at radius 1 is 1.58 bits per heavy atom. The van der Waals surface area contributed by atoms with Crippen LogP contribution in [0.1, 0.15) is 13.8 Å². The fourth-order valence-corrected chi connectivity index (χ4v) is 1.93. The number of carbonyl (C=O) groups excluding carboxylic acids is 1. The van der Waals surface area contributed by atoms with Gasteiger partial charge >= 0.3 is 11.7 Å². The van der Waals surface area contributed by atoms with Crippen molar-refractivity contribution in [3.63, 3.8) is 0 Å². The number of hydrogen-bond acceptors (Lipinski definition) is 8. The van der Waals surface area contributed by atoms with Gasteiger partial charge in [0.05, 0.1) is 17.3 Å². The number of nitrogens with one attached hydrogen (secondary N) is 1. The van der Waals surface area contributed by atoms with Crippen molar-refractivity contribution >= 4 is 29.4 Å². The van der Waals surface area contributed by atoms with E-state index in [0.29, 0.717) is 12.5 Å². The Kier molecular flexibility index (Phi) is 6.00. The molecule has 1 rings (SSSR count). The Morgan fingerprint density at radius 3 is 2.89 bits per heavy atom. The van der Waals surface area contributed by atoms with Crippen molar-refractivity contribution in [3.8, 4) is 0 Å². The Hall–Kier alpha value is -1.90. The predicted molar refractivity (Wildman–Crippen MR) is 70.2 cm³/mol. The summed E-state index contributed by atoms with van der Waals surface area (Å²) >= 11 is 0.956. The van der Waals surface area contributed by atoms with Gasteiger partial charge in [0.15, 0.2) is 5.03 Å². The van der Waals surface area contributed by atoms with E-state index in [1.807, 2.05) is 6.92 Å². The Morgan fingerprint density at radius 2 is 2.32 bits per heavy atom. The lowest BCUT2D eigenvalue weighted by molar-refractivity contribution is -0.388. The van der Waals surface area contributed by atoms with Crippen LogP contribution in [0, 0.1) is 10.1 Å². The smallest absolute Gasteiger partial charge is 0.319 e. The average molecular weight is 286 g/mol. The first-order chi connectivity index (χ1) is 9.08. The highest BCUT2D eigenvalue weighted by molar-refractivity contribution is 8.00. The first-order valence-corrected chi connectivity index (χ1v) is 6.60. The molecule has 9 heteroatoms. The van der Waals surface area contributed by atoms with Gasteiger partial charge in [0.1, 0.15) is 6.20 Å². The van der Waals surface area contributed by atoms with Gasteiger partial charge in [-0.1, -0.05) is 11.8 Å². The highest BCUT2D eigenvalue weighted by Gasteiger charge is 2.19. The summed E-state index contributed by atoms with van der Waals surface area (Å²) < 4.78 is 4.75. The van der Waals surface area contributed by atoms with Crippen molar-refractivity contribution in [1.29, 1.82) is 0 Å². The SMILES string of the molecule is CCNc1ncc([N+](=O)[O-])c(SCC(=O)OCC)n1. The third-order valence-electron chi connectivity index (χ3n) is 1.90. The van der Waals surface area contributed by atoms with Gasteiger partial charge in [0.2, 0.25) is 5.95 Å². The van der Waals surface area contributed by atoms with E-state index in [4.69, 9.17) is 4.74 Å². The number of nitrogens with zero attached hydrogens (tertiary/aromatic N) is 3. The molecule has 0 atom stereocenters. The fourth-order valence-electron chi connectivity index (χ4n) is 1.16. The zero-order valence-electron chi connectivity index (χ0n) is 10.6. The average Bonchev–Trinajstić information content (AvgIpc) is 2.37. The summed E-state index contributed by atoms with van der Waals surface area (Å²) in [4.78, 5) is 29.3. The topological polar surface area (TPSA) is 107 Å². The summed E-state index contributed by atoms with van der Waals surface area (Å²) in [6.07, 6.45) is 1.12. The third-order valence-corrected chi connectivity index (χ3v) is 2.85. The molecule has 1 heterocycles. The molecule has 1 aromatic rings. The molecule has 0 radical (unpaired) electrons. The van der Waals surface area contributed by atoms with E-state index in [0.717, 1.165) is 18.0 Å². The summed E-state index contributed by atoms with van der Waals surface area (Å²) in [6.45, 7) is 4.42. The molecule has 0 aliphatic carbocycles. The molecule has 0 saturated carbocycles. The molecule has 0 fully saturated rings. The third kappa shape index (κ3) is 4.70. The van der Waals surface area contributed by atoms with Crippen molar-refractivity contribution in [2.75, 3.05) is 24.2 Å². The van der Waals surface area contributed by atoms with Crippen molar-refractivity contribution in [3.05, 3.63) is 16.3 Å². The van der Waals surface area contributed by atoms with Crippen molar-refractivity contribution in [2.45, 2.75) is 18.9 Å². The van der Waals surface area contributed by atoms with Gasteiger partial charge in [-0.15, -0.1) is 0 Å². The van der Waals surface area contributed by atoms with E-state index < -0.39 is 10.9 Å². The van der Waals surface area contributed by atoms with Gasteiger partial charge in [0, 0.05) is 6.54 Å². The first kappa shape index (κ1) is 15.2. The molecule has 0 amide bonds. The lowest BCUT2D eigenvalue weighted by Gasteiger charge is -2.05. The lowest BCUT2D eigenvalue weighted by Crippen LogP contribution is -2.08. The minimum absolute atomic E-state index is 0.0305. The van der Waals surface area contributed by atoms with E-state index in [1.165, 1.54) is 0 Å². The van der Waals surface area contributed by atoms with Crippen LogP contribution in [0.15, 0.2) is 11.2 Å². The van der Waals surface area contributed by atoms with Gasteiger partial charge in [0.25, 0.3) is 0 Å². The Balaban J connectivity index is 2.85. The molecule has 0 spiro atoms. The molecule has 1 N–H and O–H groups in total. The molecule has 0 aromatic carbocycles. The van der Waals surface area contributed by atoms with Gasteiger partial charge in [-0.2, -0.15) is 4.98 Å². The van der Waals surface area contributed by atoms with Crippen LogP contribution in [0.3, 0.4) is 0 Å². The van der Waals surface area contributed by atoms with E-state index in [1.54, 1.807) is 6.92 Å². The van der Waals surface area contributed by atoms with Gasteiger partial charge < -0.3 is 10.1 Å². The van der Waals surface area contributed by atoms with E-state index in [2.05, 4.69) is 15.3 Å². The number of carbonyl (C=O) groups is 1. The van der Waals surface area contributed by atoms with Crippen molar-refractivity contribution in [1.82, 2.24) is 9.97 Å². The summed E-state index contributed by atoms with van der Waals surface area (Å²) in [7, 11) is 0. The maximum absolute atomic E-state index is 11.2. The van der Waals surface area contributed by atoms with Crippen LogP contribution in [0.5, 0.6) is 0 Å². The molecule has 0 bridgehead atoms. The number of aromatic nitrogens is 2. The molecular formula is C10H14N4O4S. The normalized spacial score (nSPS) is 10.0. The second-order valence-corrected chi connectivity index (χ2v) is 4.23. The molecule has 0 saturated heterocycles. The second kappa shape index (κ2) is 7.52. The standard InChI is InChI=1S/C10H14N4O4S/c1-3-11-10-12-5-7(14(16)17)9(13-10)19-6-8(15)18-4-2/h5H,3-4,6H2,1-2H3,(H,11,12,13). The van der Waals surface area contributed by atoms with Crippen LogP contribution in [0.2, 0.25) is 0 Å². The largest absolute Gasteiger partial charge is 0.465 e. The minimum atomic E-state index is -0.580. The maximum atomic E-state index is 11.2. The number of rotatable bonds is 7. The number of hydrogen-bond donors (Lipinski definition) is 1. The number of ether oxygens (including phenoxy) is 1. The number of thioether (sulfide) groups is 1. The summed E-state index contributed by atoms with van der Waals surface area (Å²) in [5.74, 6) is -0.179. The summed E-state index contributed by atoms with van der Waals surface area (Å²) in [5.41, 5.74) is -0.226. The van der Waals surface area contributed by atoms with Crippen LogP contribution in [0.4, 0.5) is 11.6 Å². The molecule has 8 nitrogen and oxygen atoms in total. The summed E-state index contributed by atoms with van der Waals surface area (Å²) in [5, 5.41) is 13.8. The zero-order chi connectivity index (χ0) is 14.3. The van der Waals surface area contributed by atoms with E-state index in [9.17, 15) is 14.9 Å². The predicted octanol–water partition coefficient (Wildman–Crippen LogP) is 1.47. The van der Waals surface area contributed by atoms with E-state index >= 15 is 0 Å². The van der Waals surface area contributed by atoms with Crippen LogP contribution >= 0.6 is 11.8 Å². The van der Waals surface area contributed by atoms with Crippen LogP contribution in [-0.4, -0.2) is 39.8 Å².